The minimum absolute atomic E-state index is 0. The number of halogens is 1. The Balaban J connectivity index is 0.00000288. The Labute approximate surface area is 147 Å². The fourth-order valence-electron chi connectivity index (χ4n) is 2.18. The van der Waals surface area contributed by atoms with Crippen molar-refractivity contribution < 1.29 is 23.8 Å². The number of rotatable bonds is 5. The summed E-state index contributed by atoms with van der Waals surface area (Å²) in [6.07, 6.45) is -0.639. The first-order chi connectivity index (χ1) is 11.0. The maximum absolute atomic E-state index is 12.3. The van der Waals surface area contributed by atoms with Crippen molar-refractivity contribution in [3.8, 4) is 5.75 Å². The molecule has 1 aromatic carbocycles. The van der Waals surface area contributed by atoms with Crippen LogP contribution in [0.2, 0.25) is 0 Å². The largest absolute Gasteiger partial charge is 0.489 e. The molecule has 134 valence electrons. The van der Waals surface area contributed by atoms with E-state index in [0.29, 0.717) is 30.2 Å². The van der Waals surface area contributed by atoms with E-state index >= 15 is 0 Å². The van der Waals surface area contributed by atoms with Gasteiger partial charge in [-0.25, -0.2) is 4.79 Å². The van der Waals surface area contributed by atoms with Crippen LogP contribution in [0, 0.1) is 0 Å². The van der Waals surface area contributed by atoms with Crippen LogP contribution in [-0.4, -0.2) is 50.9 Å². The maximum atomic E-state index is 12.3. The second-order valence-corrected chi connectivity index (χ2v) is 5.42. The molecule has 0 spiro atoms. The van der Waals surface area contributed by atoms with E-state index < -0.39 is 12.1 Å². The summed E-state index contributed by atoms with van der Waals surface area (Å²) >= 11 is 0. The van der Waals surface area contributed by atoms with Gasteiger partial charge in [0.05, 0.1) is 31.1 Å². The van der Waals surface area contributed by atoms with Crippen LogP contribution in [0.25, 0.3) is 0 Å². The number of methoxy groups -OCH3 is 1. The number of benzene rings is 1. The first-order valence-electron chi connectivity index (χ1n) is 7.53. The predicted molar refractivity (Wildman–Crippen MR) is 92.0 cm³/mol. The van der Waals surface area contributed by atoms with Crippen molar-refractivity contribution in [3.63, 3.8) is 0 Å². The van der Waals surface area contributed by atoms with Crippen LogP contribution in [0.1, 0.15) is 24.2 Å². The highest BCUT2D eigenvalue weighted by Gasteiger charge is 2.23. The van der Waals surface area contributed by atoms with Crippen molar-refractivity contribution in [2.45, 2.75) is 26.1 Å². The highest BCUT2D eigenvalue weighted by molar-refractivity contribution is 5.98. The van der Waals surface area contributed by atoms with Crippen molar-refractivity contribution >= 4 is 30.0 Å². The van der Waals surface area contributed by atoms with Gasteiger partial charge in [-0.05, 0) is 32.0 Å². The third kappa shape index (κ3) is 5.36. The molecule has 1 unspecified atom stereocenters. The van der Waals surface area contributed by atoms with Crippen LogP contribution in [-0.2, 0) is 14.3 Å². The number of morpholine rings is 1. The number of anilines is 1. The van der Waals surface area contributed by atoms with Gasteiger partial charge in [0, 0.05) is 13.1 Å². The van der Waals surface area contributed by atoms with Gasteiger partial charge in [0.2, 0.25) is 0 Å². The summed E-state index contributed by atoms with van der Waals surface area (Å²) < 4.78 is 15.8. The standard InChI is InChI=1S/C16H22N2O5.ClH/c1-10(2)23-13-5-4-11(16(20)21-3)8-12(13)18-15(19)14-9-17-6-7-22-14;/h4-5,8,10,14,17H,6-7,9H2,1-3H3,(H,18,19);1H. The second-order valence-electron chi connectivity index (χ2n) is 5.42. The SMILES string of the molecule is COC(=O)c1ccc(OC(C)C)c(NC(=O)C2CNCCO2)c1.Cl. The highest BCUT2D eigenvalue weighted by Crippen LogP contribution is 2.27. The lowest BCUT2D eigenvalue weighted by atomic mass is 10.1. The van der Waals surface area contributed by atoms with E-state index in [9.17, 15) is 9.59 Å². The number of carbonyl (C=O) groups excluding carboxylic acids is 2. The lowest BCUT2D eigenvalue weighted by Crippen LogP contribution is -2.45. The molecule has 0 saturated carbocycles. The monoisotopic (exact) mass is 358 g/mol. The van der Waals surface area contributed by atoms with E-state index in [1.54, 1.807) is 12.1 Å². The molecule has 0 radical (unpaired) electrons. The second kappa shape index (κ2) is 9.46. The minimum Gasteiger partial charge on any atom is -0.489 e. The predicted octanol–water partition coefficient (Wildman–Crippen LogP) is 1.61. The van der Waals surface area contributed by atoms with Gasteiger partial charge in [-0.15, -0.1) is 12.4 Å². The first-order valence-corrected chi connectivity index (χ1v) is 7.53. The molecule has 7 nitrogen and oxygen atoms in total. The molecule has 0 aliphatic carbocycles. The fraction of sp³-hybridized carbons (Fsp3) is 0.500. The summed E-state index contributed by atoms with van der Waals surface area (Å²) in [5, 5.41) is 5.86. The Morgan fingerprint density at radius 2 is 2.12 bits per heavy atom. The van der Waals surface area contributed by atoms with E-state index in [1.165, 1.54) is 13.2 Å². The Morgan fingerprint density at radius 3 is 2.71 bits per heavy atom. The summed E-state index contributed by atoms with van der Waals surface area (Å²) in [4.78, 5) is 24.0. The van der Waals surface area contributed by atoms with E-state index in [-0.39, 0.29) is 24.4 Å². The number of hydrogen-bond acceptors (Lipinski definition) is 6. The molecule has 8 heteroatoms. The summed E-state index contributed by atoms with van der Waals surface area (Å²) in [6, 6.07) is 4.78. The molecule has 0 bridgehead atoms. The lowest BCUT2D eigenvalue weighted by Gasteiger charge is -2.23. The zero-order valence-electron chi connectivity index (χ0n) is 14.0. The summed E-state index contributed by atoms with van der Waals surface area (Å²) in [5.41, 5.74) is 0.752. The first kappa shape index (κ1) is 20.2. The van der Waals surface area contributed by atoms with E-state index in [0.717, 1.165) is 6.54 Å². The number of carbonyl (C=O) groups is 2. The molecule has 1 saturated heterocycles. The van der Waals surface area contributed by atoms with Gasteiger partial charge in [0.15, 0.2) is 0 Å². The van der Waals surface area contributed by atoms with Crippen molar-refractivity contribution in [2.75, 3.05) is 32.1 Å². The maximum Gasteiger partial charge on any atom is 0.337 e. The molecular formula is C16H23ClN2O5. The summed E-state index contributed by atoms with van der Waals surface area (Å²) in [7, 11) is 1.31. The average molecular weight is 359 g/mol. The molecule has 0 aromatic heterocycles. The quantitative estimate of drug-likeness (QED) is 0.778. The van der Waals surface area contributed by atoms with Crippen LogP contribution < -0.4 is 15.4 Å². The van der Waals surface area contributed by atoms with E-state index in [4.69, 9.17) is 14.2 Å². The van der Waals surface area contributed by atoms with Gasteiger partial charge < -0.3 is 24.8 Å². The Morgan fingerprint density at radius 1 is 1.38 bits per heavy atom. The molecule has 1 fully saturated rings. The Kier molecular flexibility index (Phi) is 7.97. The van der Waals surface area contributed by atoms with Gasteiger partial charge in [-0.1, -0.05) is 0 Å². The molecular weight excluding hydrogens is 336 g/mol. The van der Waals surface area contributed by atoms with Crippen LogP contribution in [0.4, 0.5) is 5.69 Å². The summed E-state index contributed by atoms with van der Waals surface area (Å²) in [6.45, 7) is 5.42. The lowest BCUT2D eigenvalue weighted by molar-refractivity contribution is -0.128. The van der Waals surface area contributed by atoms with Gasteiger partial charge in [-0.3, -0.25) is 4.79 Å². The van der Waals surface area contributed by atoms with Gasteiger partial charge in [0.25, 0.3) is 5.91 Å². The molecule has 1 heterocycles. The van der Waals surface area contributed by atoms with Crippen LogP contribution >= 0.6 is 12.4 Å². The highest BCUT2D eigenvalue weighted by atomic mass is 35.5. The summed E-state index contributed by atoms with van der Waals surface area (Å²) in [5.74, 6) is -0.273. The zero-order valence-corrected chi connectivity index (χ0v) is 14.8. The van der Waals surface area contributed by atoms with Crippen molar-refractivity contribution in [1.29, 1.82) is 0 Å². The molecule has 1 aromatic rings. The van der Waals surface area contributed by atoms with Gasteiger partial charge in [-0.2, -0.15) is 0 Å². The van der Waals surface area contributed by atoms with E-state index in [2.05, 4.69) is 10.6 Å². The number of amides is 1. The third-order valence-electron chi connectivity index (χ3n) is 3.24. The molecule has 1 aliphatic heterocycles. The van der Waals surface area contributed by atoms with Gasteiger partial charge in [0.1, 0.15) is 11.9 Å². The average Bonchev–Trinajstić information content (AvgIpc) is 2.56. The number of ether oxygens (including phenoxy) is 3. The minimum atomic E-state index is -0.572. The smallest absolute Gasteiger partial charge is 0.337 e. The van der Waals surface area contributed by atoms with Crippen LogP contribution in [0.5, 0.6) is 5.75 Å². The van der Waals surface area contributed by atoms with Crippen LogP contribution in [0.3, 0.4) is 0 Å². The molecule has 2 N–H and O–H groups in total. The molecule has 1 atom stereocenters. The Bertz CT molecular complexity index is 574. The van der Waals surface area contributed by atoms with Crippen molar-refractivity contribution in [1.82, 2.24) is 5.32 Å². The molecule has 2 rings (SSSR count). The van der Waals surface area contributed by atoms with E-state index in [1.807, 2.05) is 13.8 Å². The number of nitrogens with one attached hydrogen (secondary N) is 2. The number of hydrogen-bond donors (Lipinski definition) is 2. The van der Waals surface area contributed by atoms with Crippen molar-refractivity contribution in [3.05, 3.63) is 23.8 Å². The Hall–Kier alpha value is -1.83. The van der Waals surface area contributed by atoms with Gasteiger partial charge >= 0.3 is 5.97 Å². The third-order valence-corrected chi connectivity index (χ3v) is 3.24. The normalized spacial score (nSPS) is 16.9. The molecule has 1 aliphatic rings. The topological polar surface area (TPSA) is 85.9 Å². The zero-order chi connectivity index (χ0) is 16.8. The fourth-order valence-corrected chi connectivity index (χ4v) is 2.18. The molecule has 24 heavy (non-hydrogen) atoms. The molecule has 1 amide bonds. The van der Waals surface area contributed by atoms with Crippen molar-refractivity contribution in [2.24, 2.45) is 0 Å². The van der Waals surface area contributed by atoms with Crippen LogP contribution in [0.15, 0.2) is 18.2 Å². The number of esters is 1.